The summed E-state index contributed by atoms with van der Waals surface area (Å²) in [5, 5.41) is 0. The molecule has 2 aliphatic heterocycles. The summed E-state index contributed by atoms with van der Waals surface area (Å²) in [6.45, 7) is 6.49. The molecule has 108 valence electrons. The van der Waals surface area contributed by atoms with Crippen molar-refractivity contribution in [1.82, 2.24) is 0 Å². The number of hydrogen-bond donors (Lipinski definition) is 0. The fraction of sp³-hybridized carbons (Fsp3) is 0.562. The molecule has 1 aromatic carbocycles. The van der Waals surface area contributed by atoms with Crippen LogP contribution in [0.1, 0.15) is 45.1 Å². The van der Waals surface area contributed by atoms with Crippen LogP contribution in [-0.2, 0) is 4.74 Å². The molecule has 1 saturated carbocycles. The smallest absolute Gasteiger partial charge is 0.414 e. The van der Waals surface area contributed by atoms with Crippen molar-refractivity contribution < 1.29 is 9.53 Å². The van der Waals surface area contributed by atoms with Gasteiger partial charge in [-0.15, -0.1) is 0 Å². The summed E-state index contributed by atoms with van der Waals surface area (Å²) in [7, 11) is 0. The highest BCUT2D eigenvalue weighted by molar-refractivity contribution is 9.10. The lowest BCUT2D eigenvalue weighted by atomic mass is 9.72. The van der Waals surface area contributed by atoms with Crippen LogP contribution >= 0.6 is 15.9 Å². The van der Waals surface area contributed by atoms with Crippen LogP contribution in [0, 0.1) is 5.92 Å². The Bertz CT molecular complexity index is 544. The van der Waals surface area contributed by atoms with Gasteiger partial charge in [-0.25, -0.2) is 4.79 Å². The van der Waals surface area contributed by atoms with Crippen LogP contribution in [0.3, 0.4) is 0 Å². The number of benzene rings is 1. The molecule has 0 unspecified atom stereocenters. The van der Waals surface area contributed by atoms with Gasteiger partial charge in [-0.1, -0.05) is 22.0 Å². The summed E-state index contributed by atoms with van der Waals surface area (Å²) in [6, 6.07) is 6.24. The number of nitrogens with zero attached hydrogens (tertiary/aromatic N) is 1. The number of fused-ring (bicyclic) bond motifs is 1. The molecule has 1 fully saturated rings. The molecule has 0 radical (unpaired) electrons. The van der Waals surface area contributed by atoms with Crippen LogP contribution in [0.15, 0.2) is 22.7 Å². The third-order valence-corrected chi connectivity index (χ3v) is 4.51. The minimum atomic E-state index is -0.460. The van der Waals surface area contributed by atoms with Crippen LogP contribution < -0.4 is 4.90 Å². The van der Waals surface area contributed by atoms with Gasteiger partial charge in [0.1, 0.15) is 5.60 Å². The topological polar surface area (TPSA) is 29.5 Å². The van der Waals surface area contributed by atoms with Crippen LogP contribution in [0.25, 0.3) is 0 Å². The van der Waals surface area contributed by atoms with Gasteiger partial charge in [-0.05, 0) is 63.1 Å². The number of amides is 1. The van der Waals surface area contributed by atoms with E-state index in [1.54, 1.807) is 0 Å². The lowest BCUT2D eigenvalue weighted by molar-refractivity contribution is 0.0571. The molecule has 0 saturated heterocycles. The zero-order valence-electron chi connectivity index (χ0n) is 12.1. The summed E-state index contributed by atoms with van der Waals surface area (Å²) in [6.07, 6.45) is 2.14. The molecular weight excluding hydrogens is 318 g/mol. The van der Waals surface area contributed by atoms with Gasteiger partial charge in [-0.2, -0.15) is 0 Å². The van der Waals surface area contributed by atoms with Gasteiger partial charge in [0.05, 0.1) is 5.69 Å². The summed E-state index contributed by atoms with van der Waals surface area (Å²) < 4.78 is 6.57. The van der Waals surface area contributed by atoms with Crippen LogP contribution in [0.5, 0.6) is 0 Å². The summed E-state index contributed by atoms with van der Waals surface area (Å²) in [5.74, 6) is 1.22. The summed E-state index contributed by atoms with van der Waals surface area (Å²) in [4.78, 5) is 14.3. The molecule has 20 heavy (non-hydrogen) atoms. The SMILES string of the molecule is CC(C)(C)OC(=O)N1CC2CC(C2)c2ccc(Br)cc21. The molecule has 0 atom stereocenters. The van der Waals surface area contributed by atoms with Crippen LogP contribution in [-0.4, -0.2) is 18.2 Å². The van der Waals surface area contributed by atoms with Crippen LogP contribution in [0.2, 0.25) is 0 Å². The van der Waals surface area contributed by atoms with Gasteiger partial charge in [0, 0.05) is 11.0 Å². The molecule has 2 bridgehead atoms. The zero-order valence-corrected chi connectivity index (χ0v) is 13.7. The van der Waals surface area contributed by atoms with Crippen molar-refractivity contribution in [3.05, 3.63) is 28.2 Å². The van der Waals surface area contributed by atoms with Crippen molar-refractivity contribution >= 4 is 27.7 Å². The standard InChI is InChI=1S/C16H20BrNO2/c1-16(2,3)20-15(19)18-9-10-6-11(7-10)13-5-4-12(17)8-14(13)18/h4-5,8,10-11H,6-7,9H2,1-3H3. The van der Waals surface area contributed by atoms with E-state index in [4.69, 9.17) is 4.74 Å². The number of halogens is 1. The number of ether oxygens (including phenoxy) is 1. The third kappa shape index (κ3) is 2.58. The maximum absolute atomic E-state index is 12.5. The fourth-order valence-corrected chi connectivity index (χ4v) is 3.43. The van der Waals surface area contributed by atoms with Crippen molar-refractivity contribution in [2.45, 2.75) is 45.1 Å². The van der Waals surface area contributed by atoms with Gasteiger partial charge < -0.3 is 4.74 Å². The number of carbonyl (C=O) groups is 1. The van der Waals surface area contributed by atoms with Gasteiger partial charge in [0.2, 0.25) is 0 Å². The second-order valence-electron chi connectivity index (χ2n) is 6.83. The normalized spacial score (nSPS) is 24.5. The Balaban J connectivity index is 1.96. The number of hydrogen-bond acceptors (Lipinski definition) is 2. The molecule has 4 heteroatoms. The van der Waals surface area contributed by atoms with E-state index < -0.39 is 5.60 Å². The molecule has 1 aliphatic carbocycles. The summed E-state index contributed by atoms with van der Waals surface area (Å²) in [5.41, 5.74) is 1.84. The van der Waals surface area contributed by atoms with Crippen molar-refractivity contribution in [2.75, 3.05) is 11.4 Å². The van der Waals surface area contributed by atoms with Gasteiger partial charge in [0.25, 0.3) is 0 Å². The van der Waals surface area contributed by atoms with Gasteiger partial charge in [-0.3, -0.25) is 4.90 Å². The van der Waals surface area contributed by atoms with Crippen molar-refractivity contribution in [3.8, 4) is 0 Å². The lowest BCUT2D eigenvalue weighted by Crippen LogP contribution is -2.39. The molecular formula is C16H20BrNO2. The molecule has 0 aromatic heterocycles. The Kier molecular flexibility index (Phi) is 3.32. The van der Waals surface area contributed by atoms with Crippen molar-refractivity contribution in [2.24, 2.45) is 5.92 Å². The second kappa shape index (κ2) is 4.76. The quantitative estimate of drug-likeness (QED) is 0.686. The summed E-state index contributed by atoms with van der Waals surface area (Å²) >= 11 is 3.51. The van der Waals surface area contributed by atoms with E-state index in [9.17, 15) is 4.79 Å². The van der Waals surface area contributed by atoms with E-state index in [-0.39, 0.29) is 6.09 Å². The molecule has 1 aromatic rings. The molecule has 0 spiro atoms. The Labute approximate surface area is 128 Å². The van der Waals surface area contributed by atoms with Crippen molar-refractivity contribution in [1.29, 1.82) is 0 Å². The lowest BCUT2D eigenvalue weighted by Gasteiger charge is -2.33. The molecule has 0 N–H and O–H groups in total. The highest BCUT2D eigenvalue weighted by Crippen LogP contribution is 2.49. The number of anilines is 1. The van der Waals surface area contributed by atoms with E-state index in [1.807, 2.05) is 31.7 Å². The molecule has 3 nitrogen and oxygen atoms in total. The minimum absolute atomic E-state index is 0.232. The third-order valence-electron chi connectivity index (χ3n) is 4.01. The van der Waals surface area contributed by atoms with E-state index in [2.05, 4.69) is 28.1 Å². The first kappa shape index (κ1) is 13.9. The Morgan fingerprint density at radius 1 is 1.35 bits per heavy atom. The zero-order chi connectivity index (χ0) is 14.5. The number of carbonyl (C=O) groups excluding carboxylic acids is 1. The average molecular weight is 338 g/mol. The van der Waals surface area contributed by atoms with Gasteiger partial charge >= 0.3 is 6.09 Å². The number of rotatable bonds is 0. The largest absolute Gasteiger partial charge is 0.443 e. The first-order chi connectivity index (χ1) is 9.33. The monoisotopic (exact) mass is 337 g/mol. The van der Waals surface area contributed by atoms with E-state index in [0.717, 1.165) is 16.7 Å². The average Bonchev–Trinajstić information content (AvgIpc) is 2.50. The predicted molar refractivity (Wildman–Crippen MR) is 83.2 cm³/mol. The Morgan fingerprint density at radius 2 is 2.05 bits per heavy atom. The highest BCUT2D eigenvalue weighted by Gasteiger charge is 2.40. The predicted octanol–water partition coefficient (Wildman–Crippen LogP) is 4.70. The molecule has 3 aliphatic rings. The first-order valence-corrected chi connectivity index (χ1v) is 7.93. The van der Waals surface area contributed by atoms with E-state index in [0.29, 0.717) is 11.8 Å². The van der Waals surface area contributed by atoms with E-state index in [1.165, 1.54) is 18.4 Å². The second-order valence-corrected chi connectivity index (χ2v) is 7.74. The molecule has 2 heterocycles. The molecule has 1 amide bonds. The minimum Gasteiger partial charge on any atom is -0.443 e. The maximum Gasteiger partial charge on any atom is 0.414 e. The fourth-order valence-electron chi connectivity index (χ4n) is 3.08. The van der Waals surface area contributed by atoms with E-state index >= 15 is 0 Å². The first-order valence-electron chi connectivity index (χ1n) is 7.13. The Morgan fingerprint density at radius 3 is 2.70 bits per heavy atom. The highest BCUT2D eigenvalue weighted by atomic mass is 79.9. The maximum atomic E-state index is 12.5. The molecule has 4 rings (SSSR count). The van der Waals surface area contributed by atoms with Gasteiger partial charge in [0.15, 0.2) is 0 Å². The van der Waals surface area contributed by atoms with Crippen LogP contribution in [0.4, 0.5) is 10.5 Å². The Hall–Kier alpha value is -1.03. The van der Waals surface area contributed by atoms with Crippen molar-refractivity contribution in [3.63, 3.8) is 0 Å².